The first-order valence-electron chi connectivity index (χ1n) is 6.29. The Balaban J connectivity index is 2.80. The van der Waals surface area contributed by atoms with Crippen molar-refractivity contribution in [2.24, 2.45) is 11.3 Å². The minimum atomic E-state index is 0.352. The van der Waals surface area contributed by atoms with Crippen LogP contribution in [0, 0.1) is 11.3 Å². The zero-order valence-corrected chi connectivity index (χ0v) is 11.0. The quantitative estimate of drug-likeness (QED) is 0.780. The third-order valence-electron chi connectivity index (χ3n) is 4.15. The monoisotopic (exact) mass is 220 g/mol. The molecule has 0 aliphatic rings. The van der Waals surface area contributed by atoms with Crippen molar-refractivity contribution in [1.29, 1.82) is 0 Å². The summed E-state index contributed by atoms with van der Waals surface area (Å²) in [5, 5.41) is 9.27. The molecule has 1 aromatic rings. The summed E-state index contributed by atoms with van der Waals surface area (Å²) in [6.07, 6.45) is 3.52. The molecule has 1 nitrogen and oxygen atoms in total. The molecule has 0 aliphatic heterocycles. The minimum Gasteiger partial charge on any atom is -0.508 e. The molecule has 1 heteroatoms. The number of rotatable bonds is 5. The molecule has 0 spiro atoms. The van der Waals surface area contributed by atoms with E-state index in [4.69, 9.17) is 0 Å². The topological polar surface area (TPSA) is 20.2 Å². The van der Waals surface area contributed by atoms with Gasteiger partial charge in [-0.2, -0.15) is 0 Å². The first-order valence-corrected chi connectivity index (χ1v) is 6.29. The SMILES string of the molecule is CCC(C)C(C)(CC)Cc1ccc(O)cc1. The highest BCUT2D eigenvalue weighted by atomic mass is 16.3. The second-order valence-electron chi connectivity index (χ2n) is 5.16. The van der Waals surface area contributed by atoms with Crippen LogP contribution in [0.15, 0.2) is 24.3 Å². The van der Waals surface area contributed by atoms with E-state index in [1.165, 1.54) is 18.4 Å². The summed E-state index contributed by atoms with van der Waals surface area (Å²) < 4.78 is 0. The lowest BCUT2D eigenvalue weighted by molar-refractivity contribution is 0.185. The summed E-state index contributed by atoms with van der Waals surface area (Å²) in [6, 6.07) is 7.63. The van der Waals surface area contributed by atoms with Crippen molar-refractivity contribution in [1.82, 2.24) is 0 Å². The summed E-state index contributed by atoms with van der Waals surface area (Å²) in [5.41, 5.74) is 1.69. The molecule has 0 radical (unpaired) electrons. The van der Waals surface area contributed by atoms with Crippen LogP contribution in [0.2, 0.25) is 0 Å². The van der Waals surface area contributed by atoms with E-state index < -0.39 is 0 Å². The van der Waals surface area contributed by atoms with Crippen LogP contribution in [-0.2, 0) is 6.42 Å². The lowest BCUT2D eigenvalue weighted by Crippen LogP contribution is -2.26. The molecule has 0 aliphatic carbocycles. The van der Waals surface area contributed by atoms with Crippen LogP contribution in [-0.4, -0.2) is 5.11 Å². The minimum absolute atomic E-state index is 0.352. The molecule has 1 N–H and O–H groups in total. The predicted molar refractivity (Wildman–Crippen MR) is 69.7 cm³/mol. The molecule has 1 rings (SSSR count). The zero-order chi connectivity index (χ0) is 12.2. The molecule has 0 saturated carbocycles. The lowest BCUT2D eigenvalue weighted by Gasteiger charge is -2.34. The number of benzene rings is 1. The summed E-state index contributed by atoms with van der Waals surface area (Å²) in [5.74, 6) is 1.08. The van der Waals surface area contributed by atoms with Gasteiger partial charge in [0.25, 0.3) is 0 Å². The molecule has 0 bridgehead atoms. The van der Waals surface area contributed by atoms with Gasteiger partial charge in [0, 0.05) is 0 Å². The fourth-order valence-corrected chi connectivity index (χ4v) is 2.22. The Morgan fingerprint density at radius 3 is 2.19 bits per heavy atom. The van der Waals surface area contributed by atoms with Crippen LogP contribution >= 0.6 is 0 Å². The number of hydrogen-bond donors (Lipinski definition) is 1. The Bertz CT molecular complexity index is 315. The molecule has 1 aromatic carbocycles. The van der Waals surface area contributed by atoms with Gasteiger partial charge in [0.15, 0.2) is 0 Å². The van der Waals surface area contributed by atoms with Crippen LogP contribution in [0.1, 0.15) is 46.1 Å². The zero-order valence-electron chi connectivity index (χ0n) is 11.0. The second kappa shape index (κ2) is 5.38. The van der Waals surface area contributed by atoms with Gasteiger partial charge in [-0.15, -0.1) is 0 Å². The van der Waals surface area contributed by atoms with Crippen LogP contribution < -0.4 is 0 Å². The smallest absolute Gasteiger partial charge is 0.115 e. The Morgan fingerprint density at radius 2 is 1.75 bits per heavy atom. The maximum absolute atomic E-state index is 9.27. The van der Waals surface area contributed by atoms with E-state index in [9.17, 15) is 5.11 Å². The molecular weight excluding hydrogens is 196 g/mol. The molecule has 0 amide bonds. The van der Waals surface area contributed by atoms with Crippen LogP contribution in [0.25, 0.3) is 0 Å². The van der Waals surface area contributed by atoms with E-state index in [2.05, 4.69) is 27.7 Å². The average molecular weight is 220 g/mol. The number of aromatic hydroxyl groups is 1. The summed E-state index contributed by atoms with van der Waals surface area (Å²) >= 11 is 0. The van der Waals surface area contributed by atoms with Gasteiger partial charge in [0.1, 0.15) is 5.75 Å². The molecule has 16 heavy (non-hydrogen) atoms. The fraction of sp³-hybridized carbons (Fsp3) is 0.600. The Labute approximate surface area is 99.5 Å². The number of phenolic OH excluding ortho intramolecular Hbond substituents is 1. The van der Waals surface area contributed by atoms with Gasteiger partial charge in [-0.25, -0.2) is 0 Å². The molecule has 0 saturated heterocycles. The Morgan fingerprint density at radius 1 is 1.19 bits per heavy atom. The average Bonchev–Trinajstić information content (AvgIpc) is 2.31. The Kier molecular flexibility index (Phi) is 4.40. The van der Waals surface area contributed by atoms with Crippen LogP contribution in [0.5, 0.6) is 5.75 Å². The third-order valence-corrected chi connectivity index (χ3v) is 4.15. The van der Waals surface area contributed by atoms with Gasteiger partial charge < -0.3 is 5.11 Å². The van der Waals surface area contributed by atoms with Crippen molar-refractivity contribution in [2.75, 3.05) is 0 Å². The fourth-order valence-electron chi connectivity index (χ4n) is 2.22. The van der Waals surface area contributed by atoms with E-state index in [0.717, 1.165) is 12.3 Å². The number of hydrogen-bond acceptors (Lipinski definition) is 1. The van der Waals surface area contributed by atoms with Crippen molar-refractivity contribution in [3.8, 4) is 5.75 Å². The highest BCUT2D eigenvalue weighted by molar-refractivity contribution is 5.26. The predicted octanol–water partition coefficient (Wildman–Crippen LogP) is 4.40. The van der Waals surface area contributed by atoms with E-state index in [0.29, 0.717) is 11.2 Å². The molecule has 0 aromatic heterocycles. The summed E-state index contributed by atoms with van der Waals surface area (Å²) in [4.78, 5) is 0. The Hall–Kier alpha value is -0.980. The highest BCUT2D eigenvalue weighted by Crippen LogP contribution is 2.36. The van der Waals surface area contributed by atoms with E-state index in [1.54, 1.807) is 12.1 Å². The van der Waals surface area contributed by atoms with Crippen molar-refractivity contribution in [3.05, 3.63) is 29.8 Å². The molecule has 2 unspecified atom stereocenters. The van der Waals surface area contributed by atoms with Crippen LogP contribution in [0.4, 0.5) is 0 Å². The summed E-state index contributed by atoms with van der Waals surface area (Å²) in [7, 11) is 0. The van der Waals surface area contributed by atoms with Gasteiger partial charge in [-0.3, -0.25) is 0 Å². The molecular formula is C15H24O. The van der Waals surface area contributed by atoms with Gasteiger partial charge in [0.05, 0.1) is 0 Å². The number of phenols is 1. The third kappa shape index (κ3) is 3.01. The normalized spacial score (nSPS) is 16.8. The first-order chi connectivity index (χ1) is 7.51. The summed E-state index contributed by atoms with van der Waals surface area (Å²) in [6.45, 7) is 9.24. The molecule has 0 fully saturated rings. The van der Waals surface area contributed by atoms with Crippen molar-refractivity contribution in [3.63, 3.8) is 0 Å². The van der Waals surface area contributed by atoms with E-state index in [1.807, 2.05) is 12.1 Å². The lowest BCUT2D eigenvalue weighted by atomic mass is 9.71. The van der Waals surface area contributed by atoms with Gasteiger partial charge in [-0.05, 0) is 35.4 Å². The largest absolute Gasteiger partial charge is 0.508 e. The van der Waals surface area contributed by atoms with Gasteiger partial charge >= 0.3 is 0 Å². The molecule has 2 atom stereocenters. The van der Waals surface area contributed by atoms with E-state index in [-0.39, 0.29) is 0 Å². The maximum atomic E-state index is 9.27. The van der Waals surface area contributed by atoms with Gasteiger partial charge in [-0.1, -0.05) is 52.7 Å². The second-order valence-corrected chi connectivity index (χ2v) is 5.16. The molecule has 90 valence electrons. The standard InChI is InChI=1S/C15H24O/c1-5-12(3)15(4,6-2)11-13-7-9-14(16)10-8-13/h7-10,12,16H,5-6,11H2,1-4H3. The highest BCUT2D eigenvalue weighted by Gasteiger charge is 2.28. The van der Waals surface area contributed by atoms with Crippen molar-refractivity contribution >= 4 is 0 Å². The first kappa shape index (κ1) is 13.1. The molecule has 0 heterocycles. The van der Waals surface area contributed by atoms with E-state index >= 15 is 0 Å². The van der Waals surface area contributed by atoms with Crippen molar-refractivity contribution in [2.45, 2.75) is 47.0 Å². The van der Waals surface area contributed by atoms with Gasteiger partial charge in [0.2, 0.25) is 0 Å². The van der Waals surface area contributed by atoms with Crippen LogP contribution in [0.3, 0.4) is 0 Å². The maximum Gasteiger partial charge on any atom is 0.115 e. The van der Waals surface area contributed by atoms with Crippen molar-refractivity contribution < 1.29 is 5.11 Å².